The summed E-state index contributed by atoms with van der Waals surface area (Å²) < 4.78 is 5.48. The molecule has 2 rings (SSSR count). The molecule has 0 atom stereocenters. The summed E-state index contributed by atoms with van der Waals surface area (Å²) in [5, 5.41) is 7.81. The van der Waals surface area contributed by atoms with Crippen LogP contribution in [0.15, 0.2) is 30.6 Å². The quantitative estimate of drug-likeness (QED) is 0.809. The van der Waals surface area contributed by atoms with E-state index in [-0.39, 0.29) is 0 Å². The predicted molar refractivity (Wildman–Crippen MR) is 68.1 cm³/mol. The van der Waals surface area contributed by atoms with Gasteiger partial charge in [0, 0.05) is 5.56 Å². The monoisotopic (exact) mass is 228 g/mol. The van der Waals surface area contributed by atoms with Crippen LogP contribution in [0, 0.1) is 13.8 Å². The fourth-order valence-corrected chi connectivity index (χ4v) is 1.86. The van der Waals surface area contributed by atoms with Gasteiger partial charge in [-0.2, -0.15) is 10.2 Å². The number of aromatic nitrogens is 2. The normalized spacial score (nSPS) is 10.3. The van der Waals surface area contributed by atoms with Crippen LogP contribution >= 0.6 is 0 Å². The van der Waals surface area contributed by atoms with Crippen molar-refractivity contribution >= 4 is 0 Å². The van der Waals surface area contributed by atoms with Crippen LogP contribution < -0.4 is 4.74 Å². The fourth-order valence-electron chi connectivity index (χ4n) is 1.86. The van der Waals surface area contributed by atoms with E-state index < -0.39 is 0 Å². The molecule has 0 saturated carbocycles. The molecular weight excluding hydrogens is 212 g/mol. The van der Waals surface area contributed by atoms with E-state index in [1.807, 2.05) is 19.9 Å². The zero-order valence-electron chi connectivity index (χ0n) is 10.4. The summed E-state index contributed by atoms with van der Waals surface area (Å²) in [5.41, 5.74) is 4.63. The van der Waals surface area contributed by atoms with Gasteiger partial charge in [0.2, 0.25) is 0 Å². The lowest BCUT2D eigenvalue weighted by atomic mass is 9.99. The summed E-state index contributed by atoms with van der Waals surface area (Å²) >= 11 is 0. The van der Waals surface area contributed by atoms with Gasteiger partial charge in [0.25, 0.3) is 0 Å². The van der Waals surface area contributed by atoms with E-state index in [4.69, 9.17) is 4.74 Å². The second kappa shape index (κ2) is 4.95. The van der Waals surface area contributed by atoms with Gasteiger partial charge in [0.1, 0.15) is 5.75 Å². The molecule has 0 N–H and O–H groups in total. The third-order valence-corrected chi connectivity index (χ3v) is 2.73. The third-order valence-electron chi connectivity index (χ3n) is 2.73. The molecule has 88 valence electrons. The van der Waals surface area contributed by atoms with Gasteiger partial charge in [-0.25, -0.2) is 0 Å². The van der Waals surface area contributed by atoms with Gasteiger partial charge in [-0.1, -0.05) is 6.07 Å². The van der Waals surface area contributed by atoms with Gasteiger partial charge in [0.05, 0.1) is 19.0 Å². The van der Waals surface area contributed by atoms with Crippen molar-refractivity contribution in [3.63, 3.8) is 0 Å². The van der Waals surface area contributed by atoms with Crippen LogP contribution in [0.2, 0.25) is 0 Å². The molecule has 3 heteroatoms. The van der Waals surface area contributed by atoms with Gasteiger partial charge in [-0.3, -0.25) is 0 Å². The highest BCUT2D eigenvalue weighted by Gasteiger charge is 2.06. The molecular formula is C14H16N2O. The van der Waals surface area contributed by atoms with Crippen LogP contribution in [0.4, 0.5) is 0 Å². The molecule has 1 aromatic heterocycles. The summed E-state index contributed by atoms with van der Waals surface area (Å²) in [6.07, 6.45) is 3.59. The Bertz CT molecular complexity index is 523. The number of hydrogen-bond donors (Lipinski definition) is 0. The van der Waals surface area contributed by atoms with E-state index in [9.17, 15) is 0 Å². The van der Waals surface area contributed by atoms with E-state index >= 15 is 0 Å². The first-order valence-electron chi connectivity index (χ1n) is 5.73. The Morgan fingerprint density at radius 1 is 1.00 bits per heavy atom. The van der Waals surface area contributed by atoms with E-state index in [2.05, 4.69) is 29.3 Å². The predicted octanol–water partition coefficient (Wildman–Crippen LogP) is 3.16. The molecule has 0 aliphatic carbocycles. The first-order chi connectivity index (χ1) is 8.22. The minimum absolute atomic E-state index is 0.689. The van der Waals surface area contributed by atoms with E-state index in [1.165, 1.54) is 11.1 Å². The van der Waals surface area contributed by atoms with Crippen LogP contribution in [0.5, 0.6) is 5.75 Å². The molecule has 0 fully saturated rings. The summed E-state index contributed by atoms with van der Waals surface area (Å²) in [6, 6.07) is 6.12. The Hall–Kier alpha value is -1.90. The van der Waals surface area contributed by atoms with Gasteiger partial charge in [0.15, 0.2) is 0 Å². The number of hydrogen-bond acceptors (Lipinski definition) is 3. The second-order valence-electron chi connectivity index (χ2n) is 4.00. The minimum atomic E-state index is 0.689. The Kier molecular flexibility index (Phi) is 3.38. The summed E-state index contributed by atoms with van der Waals surface area (Å²) in [5.74, 6) is 0.911. The van der Waals surface area contributed by atoms with E-state index in [1.54, 1.807) is 12.4 Å². The van der Waals surface area contributed by atoms with Crippen LogP contribution in [-0.2, 0) is 0 Å². The van der Waals surface area contributed by atoms with Crippen LogP contribution in [0.3, 0.4) is 0 Å². The molecule has 2 aromatic rings. The smallest absolute Gasteiger partial charge is 0.119 e. The van der Waals surface area contributed by atoms with Crippen LogP contribution in [-0.4, -0.2) is 16.8 Å². The van der Waals surface area contributed by atoms with Crippen molar-refractivity contribution in [2.24, 2.45) is 0 Å². The maximum atomic E-state index is 5.48. The maximum Gasteiger partial charge on any atom is 0.119 e. The number of ether oxygens (including phenoxy) is 1. The van der Waals surface area contributed by atoms with Gasteiger partial charge >= 0.3 is 0 Å². The Labute approximate surface area is 101 Å². The SMILES string of the molecule is CCOc1ccc(-c2cnncc2C)c(C)c1. The Morgan fingerprint density at radius 2 is 1.76 bits per heavy atom. The van der Waals surface area contributed by atoms with Crippen molar-refractivity contribution in [2.75, 3.05) is 6.61 Å². The Balaban J connectivity index is 2.44. The van der Waals surface area contributed by atoms with Crippen LogP contribution in [0.1, 0.15) is 18.1 Å². The minimum Gasteiger partial charge on any atom is -0.494 e. The maximum absolute atomic E-state index is 5.48. The first kappa shape index (κ1) is 11.6. The standard InChI is InChI=1S/C14H16N2O/c1-4-17-12-5-6-13(10(2)7-12)14-9-16-15-8-11(14)3/h5-9H,4H2,1-3H3. The largest absolute Gasteiger partial charge is 0.494 e. The first-order valence-corrected chi connectivity index (χ1v) is 5.73. The molecule has 1 heterocycles. The molecule has 17 heavy (non-hydrogen) atoms. The molecule has 0 unspecified atom stereocenters. The highest BCUT2D eigenvalue weighted by atomic mass is 16.5. The molecule has 0 spiro atoms. The summed E-state index contributed by atoms with van der Waals surface area (Å²) in [4.78, 5) is 0. The number of aryl methyl sites for hydroxylation is 2. The van der Waals surface area contributed by atoms with Crippen molar-refractivity contribution in [1.82, 2.24) is 10.2 Å². The number of benzene rings is 1. The lowest BCUT2D eigenvalue weighted by molar-refractivity contribution is 0.340. The third kappa shape index (κ3) is 2.44. The lowest BCUT2D eigenvalue weighted by Gasteiger charge is -2.10. The van der Waals surface area contributed by atoms with E-state index in [0.717, 1.165) is 16.9 Å². The molecule has 0 aliphatic rings. The van der Waals surface area contributed by atoms with Gasteiger partial charge in [-0.05, 0) is 49.6 Å². The molecule has 1 aromatic carbocycles. The zero-order chi connectivity index (χ0) is 12.3. The topological polar surface area (TPSA) is 35.0 Å². The summed E-state index contributed by atoms with van der Waals surface area (Å²) in [7, 11) is 0. The molecule has 0 bridgehead atoms. The highest BCUT2D eigenvalue weighted by Crippen LogP contribution is 2.28. The molecule has 0 amide bonds. The van der Waals surface area contributed by atoms with E-state index in [0.29, 0.717) is 6.61 Å². The summed E-state index contributed by atoms with van der Waals surface area (Å²) in [6.45, 7) is 6.80. The molecule has 0 saturated heterocycles. The number of nitrogens with zero attached hydrogens (tertiary/aromatic N) is 2. The average molecular weight is 228 g/mol. The van der Waals surface area contributed by atoms with Crippen molar-refractivity contribution in [3.8, 4) is 16.9 Å². The molecule has 0 radical (unpaired) electrons. The second-order valence-corrected chi connectivity index (χ2v) is 4.00. The van der Waals surface area contributed by atoms with Crippen molar-refractivity contribution in [3.05, 3.63) is 41.7 Å². The molecule has 3 nitrogen and oxygen atoms in total. The van der Waals surface area contributed by atoms with Crippen molar-refractivity contribution in [1.29, 1.82) is 0 Å². The number of rotatable bonds is 3. The average Bonchev–Trinajstić information content (AvgIpc) is 2.31. The fraction of sp³-hybridized carbons (Fsp3) is 0.286. The van der Waals surface area contributed by atoms with Crippen LogP contribution in [0.25, 0.3) is 11.1 Å². The highest BCUT2D eigenvalue weighted by molar-refractivity contribution is 5.69. The lowest BCUT2D eigenvalue weighted by Crippen LogP contribution is -1.94. The van der Waals surface area contributed by atoms with Gasteiger partial charge < -0.3 is 4.74 Å². The van der Waals surface area contributed by atoms with Crippen molar-refractivity contribution in [2.45, 2.75) is 20.8 Å². The van der Waals surface area contributed by atoms with Crippen molar-refractivity contribution < 1.29 is 4.74 Å². The molecule has 0 aliphatic heterocycles. The van der Waals surface area contributed by atoms with Gasteiger partial charge in [-0.15, -0.1) is 0 Å². The zero-order valence-corrected chi connectivity index (χ0v) is 10.4. The Morgan fingerprint density at radius 3 is 2.41 bits per heavy atom.